The van der Waals surface area contributed by atoms with E-state index in [0.717, 1.165) is 112 Å². The minimum Gasteiger partial charge on any atom is -0.354 e. The van der Waals surface area contributed by atoms with Crippen molar-refractivity contribution in [1.82, 2.24) is 19.9 Å². The third-order valence-corrected chi connectivity index (χ3v) is 12.3. The Bertz CT molecular complexity index is 3020. The Labute approximate surface area is 382 Å². The van der Waals surface area contributed by atoms with Gasteiger partial charge in [0.05, 0.1) is 22.8 Å². The van der Waals surface area contributed by atoms with Gasteiger partial charge in [0.2, 0.25) is 11.8 Å². The number of aromatic nitrogens is 4. The number of halogens is 2. The van der Waals surface area contributed by atoms with Crippen LogP contribution in [0.5, 0.6) is 0 Å². The summed E-state index contributed by atoms with van der Waals surface area (Å²) >= 11 is 11.7. The highest BCUT2D eigenvalue weighted by Crippen LogP contribution is 2.41. The van der Waals surface area contributed by atoms with Crippen molar-refractivity contribution >= 4 is 92.8 Å². The Morgan fingerprint density at radius 1 is 0.438 bits per heavy atom. The number of aromatic amines is 2. The van der Waals surface area contributed by atoms with Gasteiger partial charge in [-0.2, -0.15) is 0 Å². The maximum Gasteiger partial charge on any atom is 0.239 e. The minimum absolute atomic E-state index is 0.132. The first-order valence-electron chi connectivity index (χ1n) is 21.1. The largest absolute Gasteiger partial charge is 0.354 e. The molecule has 2 amide bonds. The summed E-state index contributed by atoms with van der Waals surface area (Å²) in [7, 11) is 0. The number of hydrogen-bond acceptors (Lipinski definition) is 4. The number of aryl methyl sites for hydroxylation is 6. The summed E-state index contributed by atoms with van der Waals surface area (Å²) in [6, 6.07) is 32.9. The van der Waals surface area contributed by atoms with Crippen LogP contribution in [-0.4, -0.2) is 43.5 Å². The van der Waals surface area contributed by atoms with E-state index in [0.29, 0.717) is 11.4 Å². The van der Waals surface area contributed by atoms with Crippen LogP contribution in [0.2, 0.25) is 0 Å². The van der Waals surface area contributed by atoms with E-state index in [1.807, 2.05) is 48.5 Å². The molecule has 4 aromatic carbocycles. The molecule has 8 bridgehead atoms. The van der Waals surface area contributed by atoms with Crippen LogP contribution >= 0.6 is 23.2 Å². The van der Waals surface area contributed by atoms with Gasteiger partial charge in [-0.3, -0.25) is 9.59 Å². The highest BCUT2D eigenvalue weighted by atomic mass is 35.5. The lowest BCUT2D eigenvalue weighted by atomic mass is 9.92. The summed E-state index contributed by atoms with van der Waals surface area (Å²) in [5.41, 5.74) is 22.8. The third kappa shape index (κ3) is 8.07. The molecular formula is C54H46Cl2N6O2. The molecule has 3 aromatic heterocycles. The molecule has 0 saturated heterocycles. The standard InChI is InChI=1S/C54H46Cl2N6O2/c1-29-23-31(3)49(32(4)24-29)53-43-19-15-39(59-43)51(35-7-11-37(12-8-35)57-47(63)27-55)41-17-21-45(61-41)54(50-33(5)25-30(2)26-34(50)6)46-22-18-42(62-46)52(40-16-20-44(53)60-40)36-9-13-38(14-10-36)58-48(64)28-56/h7-26,59,62H,27-28H2,1-6H3,(H,57,63)(H,58,64). The Morgan fingerprint density at radius 3 is 1.05 bits per heavy atom. The van der Waals surface area contributed by atoms with Crippen molar-refractivity contribution in [3.8, 4) is 44.5 Å². The molecule has 0 unspecified atom stereocenters. The van der Waals surface area contributed by atoms with E-state index in [1.165, 1.54) is 11.1 Å². The van der Waals surface area contributed by atoms with E-state index in [-0.39, 0.29) is 23.6 Å². The van der Waals surface area contributed by atoms with Crippen molar-refractivity contribution < 1.29 is 9.59 Å². The van der Waals surface area contributed by atoms with Crippen molar-refractivity contribution in [3.05, 3.63) is 153 Å². The van der Waals surface area contributed by atoms with Gasteiger partial charge in [-0.25, -0.2) is 9.97 Å². The van der Waals surface area contributed by atoms with Gasteiger partial charge in [0.25, 0.3) is 0 Å². The zero-order valence-corrected chi connectivity index (χ0v) is 37.9. The number of nitrogens with zero attached hydrogens (tertiary/aromatic N) is 2. The third-order valence-electron chi connectivity index (χ3n) is 11.8. The lowest BCUT2D eigenvalue weighted by molar-refractivity contribution is -0.114. The summed E-state index contributed by atoms with van der Waals surface area (Å²) < 4.78 is 0. The fourth-order valence-corrected chi connectivity index (χ4v) is 9.45. The number of carbonyl (C=O) groups is 2. The van der Waals surface area contributed by atoms with Gasteiger partial charge in [0.1, 0.15) is 11.8 Å². The van der Waals surface area contributed by atoms with E-state index in [4.69, 9.17) is 33.2 Å². The zero-order chi connectivity index (χ0) is 44.8. The van der Waals surface area contributed by atoms with Gasteiger partial charge in [-0.15, -0.1) is 23.2 Å². The van der Waals surface area contributed by atoms with Crippen molar-refractivity contribution in [2.24, 2.45) is 0 Å². The zero-order valence-electron chi connectivity index (χ0n) is 36.4. The summed E-state index contributed by atoms with van der Waals surface area (Å²) in [6.07, 6.45) is 8.36. The topological polar surface area (TPSA) is 116 Å². The molecule has 0 spiro atoms. The molecule has 8 nitrogen and oxygen atoms in total. The number of carbonyl (C=O) groups excluding carboxylic acids is 2. The van der Waals surface area contributed by atoms with Crippen LogP contribution < -0.4 is 10.6 Å². The predicted molar refractivity (Wildman–Crippen MR) is 268 cm³/mol. The summed E-state index contributed by atoms with van der Waals surface area (Å²) in [5.74, 6) is -0.810. The molecule has 2 aliphatic rings. The second-order valence-electron chi connectivity index (χ2n) is 16.6. The van der Waals surface area contributed by atoms with Gasteiger partial charge >= 0.3 is 0 Å². The summed E-state index contributed by atoms with van der Waals surface area (Å²) in [6.45, 7) is 12.9. The monoisotopic (exact) mass is 880 g/mol. The van der Waals surface area contributed by atoms with Gasteiger partial charge in [0, 0.05) is 55.7 Å². The lowest BCUT2D eigenvalue weighted by Gasteiger charge is -2.13. The van der Waals surface area contributed by atoms with E-state index in [1.54, 1.807) is 0 Å². The van der Waals surface area contributed by atoms with Gasteiger partial charge in [0.15, 0.2) is 0 Å². The predicted octanol–water partition coefficient (Wildman–Crippen LogP) is 13.5. The number of hydrogen-bond donors (Lipinski definition) is 4. The Kier molecular flexibility index (Phi) is 11.4. The highest BCUT2D eigenvalue weighted by Gasteiger charge is 2.22. The molecule has 0 radical (unpaired) electrons. The molecule has 4 N–H and O–H groups in total. The Morgan fingerprint density at radius 2 is 0.734 bits per heavy atom. The number of nitrogens with one attached hydrogen (secondary N) is 4. The Balaban J connectivity index is 1.43. The van der Waals surface area contributed by atoms with E-state index in [9.17, 15) is 9.59 Å². The van der Waals surface area contributed by atoms with Crippen LogP contribution in [0.25, 0.3) is 90.9 Å². The number of rotatable bonds is 8. The maximum absolute atomic E-state index is 12.2. The molecule has 10 heteroatoms. The van der Waals surface area contributed by atoms with Crippen LogP contribution in [0.15, 0.2) is 97.1 Å². The number of alkyl halides is 2. The number of fused-ring (bicyclic) bond motifs is 8. The average Bonchev–Trinajstić information content (AvgIpc) is 4.11. The molecule has 64 heavy (non-hydrogen) atoms. The van der Waals surface area contributed by atoms with Crippen LogP contribution in [0.1, 0.15) is 56.2 Å². The fourth-order valence-electron chi connectivity index (χ4n) is 9.32. The van der Waals surface area contributed by atoms with Crippen molar-refractivity contribution in [1.29, 1.82) is 0 Å². The van der Waals surface area contributed by atoms with Crippen molar-refractivity contribution in [3.63, 3.8) is 0 Å². The molecule has 318 valence electrons. The smallest absolute Gasteiger partial charge is 0.239 e. The lowest BCUT2D eigenvalue weighted by Crippen LogP contribution is -2.12. The van der Waals surface area contributed by atoms with Gasteiger partial charge < -0.3 is 20.6 Å². The van der Waals surface area contributed by atoms with Gasteiger partial charge in [-0.05, 0) is 159 Å². The second kappa shape index (κ2) is 17.3. The summed E-state index contributed by atoms with van der Waals surface area (Å²) in [5, 5.41) is 5.73. The van der Waals surface area contributed by atoms with Crippen LogP contribution in [0, 0.1) is 41.5 Å². The number of H-pyrrole nitrogens is 2. The van der Waals surface area contributed by atoms with Gasteiger partial charge in [-0.1, -0.05) is 59.7 Å². The molecule has 0 atom stereocenters. The molecule has 9 rings (SSSR count). The number of amides is 2. The second-order valence-corrected chi connectivity index (χ2v) is 17.1. The first-order valence-corrected chi connectivity index (χ1v) is 22.2. The molecular weight excluding hydrogens is 836 g/mol. The molecule has 2 aliphatic heterocycles. The molecule has 0 saturated carbocycles. The molecule has 5 heterocycles. The first kappa shape index (κ1) is 42.3. The molecule has 7 aromatic rings. The highest BCUT2D eigenvalue weighted by molar-refractivity contribution is 6.29. The van der Waals surface area contributed by atoms with E-state index in [2.05, 4.69) is 135 Å². The molecule has 0 aliphatic carbocycles. The number of benzene rings is 4. The average molecular weight is 882 g/mol. The quantitative estimate of drug-likeness (QED) is 0.114. The Hall–Kier alpha value is -7.00. The van der Waals surface area contributed by atoms with Crippen LogP contribution in [0.4, 0.5) is 11.4 Å². The van der Waals surface area contributed by atoms with E-state index < -0.39 is 0 Å². The van der Waals surface area contributed by atoms with Crippen LogP contribution in [0.3, 0.4) is 0 Å². The number of anilines is 2. The first-order chi connectivity index (χ1) is 30.9. The van der Waals surface area contributed by atoms with Crippen molar-refractivity contribution in [2.75, 3.05) is 22.4 Å². The molecule has 0 fully saturated rings. The van der Waals surface area contributed by atoms with Crippen molar-refractivity contribution in [2.45, 2.75) is 41.5 Å². The normalized spacial score (nSPS) is 11.9. The maximum atomic E-state index is 12.2. The SMILES string of the molecule is Cc1cc(C)c(-c2c3nc(c(-c4ccc(NC(=O)CCl)cc4)c4ccc([nH]4)c(-c4c(C)cc(C)cc4C)c4nc(c(-c5ccc(NC(=O)CCl)cc5)c5ccc2[nH]5)C=C4)C=C3)c(C)c1. The van der Waals surface area contributed by atoms with E-state index >= 15 is 0 Å². The minimum atomic E-state index is -0.273. The van der Waals surface area contributed by atoms with Crippen LogP contribution in [-0.2, 0) is 9.59 Å². The fraction of sp³-hybridized carbons (Fsp3) is 0.148. The summed E-state index contributed by atoms with van der Waals surface area (Å²) in [4.78, 5) is 43.1.